The molecule has 0 fully saturated rings. The van der Waals surface area contributed by atoms with E-state index in [-0.39, 0.29) is 38.1 Å². The minimum Gasteiger partial charge on any atom is -0.465 e. The molecule has 1 aliphatic rings. The Bertz CT molecular complexity index is 609. The van der Waals surface area contributed by atoms with E-state index in [1.807, 2.05) is 0 Å². The van der Waals surface area contributed by atoms with Crippen molar-refractivity contribution >= 4 is 23.8 Å². The van der Waals surface area contributed by atoms with Crippen molar-refractivity contribution in [2.45, 2.75) is 6.92 Å². The number of nitrogens with one attached hydrogen (secondary N) is 2. The van der Waals surface area contributed by atoms with Crippen LogP contribution in [0.25, 0.3) is 0 Å². The summed E-state index contributed by atoms with van der Waals surface area (Å²) in [7, 11) is 0. The number of imide groups is 1. The topological polar surface area (TPSA) is 105 Å². The third-order valence-corrected chi connectivity index (χ3v) is 3.20. The summed E-state index contributed by atoms with van der Waals surface area (Å²) in [6, 6.07) is 5.99. The van der Waals surface area contributed by atoms with E-state index in [1.165, 1.54) is 0 Å². The van der Waals surface area contributed by atoms with E-state index in [2.05, 4.69) is 15.4 Å². The molecule has 0 aliphatic carbocycles. The third kappa shape index (κ3) is 3.85. The van der Waals surface area contributed by atoms with Gasteiger partial charge in [0.25, 0.3) is 11.8 Å². The lowest BCUT2D eigenvalue weighted by molar-refractivity contribution is -0.141. The van der Waals surface area contributed by atoms with Gasteiger partial charge in [-0.1, -0.05) is 12.1 Å². The molecule has 0 radical (unpaired) electrons. The first-order valence-corrected chi connectivity index (χ1v) is 7.17. The van der Waals surface area contributed by atoms with E-state index in [9.17, 15) is 19.2 Å². The Morgan fingerprint density at radius 2 is 1.70 bits per heavy atom. The first kappa shape index (κ1) is 16.5. The molecule has 0 bridgehead atoms. The van der Waals surface area contributed by atoms with Gasteiger partial charge < -0.3 is 15.4 Å². The van der Waals surface area contributed by atoms with Crippen molar-refractivity contribution in [2.75, 3.05) is 26.2 Å². The van der Waals surface area contributed by atoms with Gasteiger partial charge in [-0.15, -0.1) is 0 Å². The lowest BCUT2D eigenvalue weighted by Crippen LogP contribution is -2.43. The summed E-state index contributed by atoms with van der Waals surface area (Å²) < 4.78 is 4.66. The molecule has 2 N–H and O–H groups in total. The van der Waals surface area contributed by atoms with Crippen molar-refractivity contribution in [2.24, 2.45) is 0 Å². The zero-order chi connectivity index (χ0) is 16.8. The van der Waals surface area contributed by atoms with Crippen LogP contribution in [0.15, 0.2) is 24.3 Å². The molecular formula is C15H17N3O5. The lowest BCUT2D eigenvalue weighted by Gasteiger charge is -2.14. The number of rotatable bonds is 6. The van der Waals surface area contributed by atoms with Gasteiger partial charge in [0.1, 0.15) is 6.54 Å². The first-order valence-electron chi connectivity index (χ1n) is 7.17. The molecule has 1 aromatic rings. The highest BCUT2D eigenvalue weighted by molar-refractivity contribution is 6.21. The highest BCUT2D eigenvalue weighted by Gasteiger charge is 2.34. The van der Waals surface area contributed by atoms with E-state index >= 15 is 0 Å². The number of ether oxygens (including phenoxy) is 1. The minimum atomic E-state index is -0.574. The molecule has 0 unspecified atom stereocenters. The molecule has 23 heavy (non-hydrogen) atoms. The van der Waals surface area contributed by atoms with Crippen molar-refractivity contribution < 1.29 is 23.9 Å². The van der Waals surface area contributed by atoms with Gasteiger partial charge >= 0.3 is 12.0 Å². The largest absolute Gasteiger partial charge is 0.465 e. The number of nitrogens with zero attached hydrogens (tertiary/aromatic N) is 1. The van der Waals surface area contributed by atoms with Gasteiger partial charge in [0.2, 0.25) is 0 Å². The van der Waals surface area contributed by atoms with Crippen molar-refractivity contribution in [1.29, 1.82) is 0 Å². The van der Waals surface area contributed by atoms with Gasteiger partial charge in [-0.2, -0.15) is 0 Å². The molecule has 0 saturated carbocycles. The molecule has 8 nitrogen and oxygen atoms in total. The van der Waals surface area contributed by atoms with E-state index in [4.69, 9.17) is 0 Å². The average Bonchev–Trinajstić information content (AvgIpc) is 2.78. The minimum absolute atomic E-state index is 0.0547. The predicted octanol–water partition coefficient (Wildman–Crippen LogP) is 0.145. The van der Waals surface area contributed by atoms with E-state index in [0.29, 0.717) is 11.1 Å². The molecule has 1 aromatic carbocycles. The summed E-state index contributed by atoms with van der Waals surface area (Å²) in [4.78, 5) is 47.8. The average molecular weight is 319 g/mol. The quantitative estimate of drug-likeness (QED) is 0.573. The monoisotopic (exact) mass is 319 g/mol. The lowest BCUT2D eigenvalue weighted by atomic mass is 10.1. The molecule has 0 atom stereocenters. The molecule has 0 aromatic heterocycles. The summed E-state index contributed by atoms with van der Waals surface area (Å²) in [6.45, 7) is 1.80. The molecule has 2 rings (SSSR count). The maximum atomic E-state index is 12.1. The van der Waals surface area contributed by atoms with E-state index in [1.54, 1.807) is 31.2 Å². The molecule has 1 aliphatic heterocycles. The molecule has 1 heterocycles. The van der Waals surface area contributed by atoms with Gasteiger partial charge in [0, 0.05) is 13.1 Å². The number of hydrogen-bond acceptors (Lipinski definition) is 5. The Labute approximate surface area is 132 Å². The first-order chi connectivity index (χ1) is 11.0. The van der Waals surface area contributed by atoms with Crippen molar-refractivity contribution in [3.05, 3.63) is 35.4 Å². The molecular weight excluding hydrogens is 302 g/mol. The Morgan fingerprint density at radius 3 is 2.26 bits per heavy atom. The van der Waals surface area contributed by atoms with Gasteiger partial charge in [-0.3, -0.25) is 19.3 Å². The van der Waals surface area contributed by atoms with Crippen LogP contribution in [0, 0.1) is 0 Å². The predicted molar refractivity (Wildman–Crippen MR) is 79.8 cm³/mol. The number of fused-ring (bicyclic) bond motifs is 1. The molecule has 0 saturated heterocycles. The second kappa shape index (κ2) is 7.39. The van der Waals surface area contributed by atoms with Gasteiger partial charge in [-0.25, -0.2) is 4.79 Å². The summed E-state index contributed by atoms with van der Waals surface area (Å²) in [6.07, 6.45) is 0. The fourth-order valence-corrected chi connectivity index (χ4v) is 2.15. The Morgan fingerprint density at radius 1 is 1.09 bits per heavy atom. The van der Waals surface area contributed by atoms with Crippen LogP contribution in [0.2, 0.25) is 0 Å². The Hall–Kier alpha value is -2.90. The van der Waals surface area contributed by atoms with Crippen LogP contribution in [0.1, 0.15) is 27.6 Å². The second-order valence-corrected chi connectivity index (χ2v) is 4.72. The zero-order valence-corrected chi connectivity index (χ0v) is 12.6. The van der Waals surface area contributed by atoms with Crippen LogP contribution in [-0.2, 0) is 9.53 Å². The number of esters is 1. The summed E-state index contributed by atoms with van der Waals surface area (Å²) in [5.74, 6) is -1.29. The molecule has 4 amide bonds. The smallest absolute Gasteiger partial charge is 0.325 e. The van der Waals surface area contributed by atoms with Crippen molar-refractivity contribution in [1.82, 2.24) is 15.5 Å². The number of amides is 4. The van der Waals surface area contributed by atoms with Crippen LogP contribution in [0.5, 0.6) is 0 Å². The van der Waals surface area contributed by atoms with Crippen molar-refractivity contribution in [3.8, 4) is 0 Å². The molecule has 8 heteroatoms. The Balaban J connectivity index is 1.77. The van der Waals surface area contributed by atoms with E-state index < -0.39 is 12.0 Å². The summed E-state index contributed by atoms with van der Waals surface area (Å²) in [5, 5.41) is 4.79. The van der Waals surface area contributed by atoms with E-state index in [0.717, 1.165) is 4.90 Å². The number of urea groups is 1. The van der Waals surface area contributed by atoms with Crippen LogP contribution in [-0.4, -0.2) is 55.0 Å². The highest BCUT2D eigenvalue weighted by atomic mass is 16.5. The van der Waals surface area contributed by atoms with Crippen LogP contribution in [0.3, 0.4) is 0 Å². The standard InChI is InChI=1S/C15H17N3O5/c1-2-23-12(19)9-17-15(22)16-7-8-18-13(20)10-5-3-4-6-11(10)14(18)21/h3-6H,2,7-9H2,1H3,(H2,16,17,22). The third-order valence-electron chi connectivity index (χ3n) is 3.20. The SMILES string of the molecule is CCOC(=O)CNC(=O)NCCN1C(=O)c2ccccc2C1=O. The summed E-state index contributed by atoms with van der Waals surface area (Å²) >= 11 is 0. The van der Waals surface area contributed by atoms with Crippen LogP contribution >= 0.6 is 0 Å². The maximum absolute atomic E-state index is 12.1. The van der Waals surface area contributed by atoms with Crippen LogP contribution < -0.4 is 10.6 Å². The van der Waals surface area contributed by atoms with Gasteiger partial charge in [0.15, 0.2) is 0 Å². The number of hydrogen-bond donors (Lipinski definition) is 2. The summed E-state index contributed by atoms with van der Waals surface area (Å²) in [5.41, 5.74) is 0.730. The second-order valence-electron chi connectivity index (χ2n) is 4.72. The normalized spacial score (nSPS) is 12.8. The fourth-order valence-electron chi connectivity index (χ4n) is 2.15. The maximum Gasteiger partial charge on any atom is 0.325 e. The highest BCUT2D eigenvalue weighted by Crippen LogP contribution is 2.21. The molecule has 0 spiro atoms. The zero-order valence-electron chi connectivity index (χ0n) is 12.6. The number of carbonyl (C=O) groups excluding carboxylic acids is 4. The van der Waals surface area contributed by atoms with Crippen LogP contribution in [0.4, 0.5) is 4.79 Å². The number of carbonyl (C=O) groups is 4. The number of benzene rings is 1. The fraction of sp³-hybridized carbons (Fsp3) is 0.333. The Kier molecular flexibility index (Phi) is 5.29. The van der Waals surface area contributed by atoms with Gasteiger partial charge in [0.05, 0.1) is 17.7 Å². The van der Waals surface area contributed by atoms with Crippen molar-refractivity contribution in [3.63, 3.8) is 0 Å². The molecule has 122 valence electrons. The van der Waals surface area contributed by atoms with Gasteiger partial charge in [-0.05, 0) is 19.1 Å².